The van der Waals surface area contributed by atoms with E-state index in [1.54, 1.807) is 12.3 Å². The van der Waals surface area contributed by atoms with E-state index in [2.05, 4.69) is 24.1 Å². The van der Waals surface area contributed by atoms with Crippen LogP contribution in [0, 0.1) is 5.92 Å². The number of carbonyl (C=O) groups is 1. The highest BCUT2D eigenvalue weighted by molar-refractivity contribution is 5.93. The SMILES string of the molecule is CCC(C)CN(CC)C(=O)c1cc(NC)ccn1. The first-order valence-electron chi connectivity index (χ1n) is 6.55. The molecule has 0 saturated heterocycles. The third kappa shape index (κ3) is 3.72. The molecule has 1 rings (SSSR count). The van der Waals surface area contributed by atoms with Gasteiger partial charge in [-0.05, 0) is 25.0 Å². The van der Waals surface area contributed by atoms with Crippen LogP contribution in [0.25, 0.3) is 0 Å². The van der Waals surface area contributed by atoms with Gasteiger partial charge < -0.3 is 10.2 Å². The van der Waals surface area contributed by atoms with Crippen molar-refractivity contribution in [2.45, 2.75) is 27.2 Å². The molecule has 1 aromatic rings. The van der Waals surface area contributed by atoms with Crippen molar-refractivity contribution in [2.75, 3.05) is 25.5 Å². The van der Waals surface area contributed by atoms with Gasteiger partial charge in [-0.15, -0.1) is 0 Å². The zero-order chi connectivity index (χ0) is 13.5. The molecule has 0 aliphatic heterocycles. The summed E-state index contributed by atoms with van der Waals surface area (Å²) in [5.41, 5.74) is 1.42. The normalized spacial score (nSPS) is 12.0. The molecule has 4 heteroatoms. The highest BCUT2D eigenvalue weighted by Crippen LogP contribution is 2.11. The van der Waals surface area contributed by atoms with Crippen molar-refractivity contribution in [1.82, 2.24) is 9.88 Å². The third-order valence-electron chi connectivity index (χ3n) is 3.17. The third-order valence-corrected chi connectivity index (χ3v) is 3.17. The van der Waals surface area contributed by atoms with Gasteiger partial charge in [-0.25, -0.2) is 0 Å². The number of pyridine rings is 1. The smallest absolute Gasteiger partial charge is 0.272 e. The van der Waals surface area contributed by atoms with E-state index in [9.17, 15) is 4.79 Å². The summed E-state index contributed by atoms with van der Waals surface area (Å²) in [6.07, 6.45) is 2.74. The van der Waals surface area contributed by atoms with E-state index in [0.717, 1.165) is 18.7 Å². The highest BCUT2D eigenvalue weighted by atomic mass is 16.2. The predicted molar refractivity (Wildman–Crippen MR) is 74.8 cm³/mol. The molecule has 0 aliphatic rings. The van der Waals surface area contributed by atoms with Crippen molar-refractivity contribution in [3.63, 3.8) is 0 Å². The minimum Gasteiger partial charge on any atom is -0.388 e. The van der Waals surface area contributed by atoms with Gasteiger partial charge in [-0.3, -0.25) is 9.78 Å². The molecule has 18 heavy (non-hydrogen) atoms. The molecule has 1 aromatic heterocycles. The first-order chi connectivity index (χ1) is 8.62. The molecule has 0 saturated carbocycles. The fourth-order valence-electron chi connectivity index (χ4n) is 1.73. The summed E-state index contributed by atoms with van der Waals surface area (Å²) < 4.78 is 0. The quantitative estimate of drug-likeness (QED) is 0.843. The molecule has 1 atom stereocenters. The molecular weight excluding hydrogens is 226 g/mol. The average Bonchev–Trinajstić information content (AvgIpc) is 2.43. The van der Waals surface area contributed by atoms with E-state index in [1.807, 2.05) is 24.9 Å². The van der Waals surface area contributed by atoms with Gasteiger partial charge in [0.05, 0.1) is 0 Å². The number of nitrogens with one attached hydrogen (secondary N) is 1. The van der Waals surface area contributed by atoms with Crippen LogP contribution in [0.1, 0.15) is 37.7 Å². The maximum Gasteiger partial charge on any atom is 0.272 e. The summed E-state index contributed by atoms with van der Waals surface area (Å²) in [4.78, 5) is 18.3. The van der Waals surface area contributed by atoms with Crippen LogP contribution in [0.4, 0.5) is 5.69 Å². The monoisotopic (exact) mass is 249 g/mol. The zero-order valence-corrected chi connectivity index (χ0v) is 11.7. The van der Waals surface area contributed by atoms with Gasteiger partial charge in [-0.2, -0.15) is 0 Å². The lowest BCUT2D eigenvalue weighted by atomic mass is 10.1. The number of amides is 1. The lowest BCUT2D eigenvalue weighted by molar-refractivity contribution is 0.0735. The molecule has 0 aliphatic carbocycles. The average molecular weight is 249 g/mol. The van der Waals surface area contributed by atoms with Crippen LogP contribution in [0.3, 0.4) is 0 Å². The van der Waals surface area contributed by atoms with Gasteiger partial charge in [0.25, 0.3) is 5.91 Å². The maximum atomic E-state index is 12.3. The number of anilines is 1. The molecule has 0 fully saturated rings. The highest BCUT2D eigenvalue weighted by Gasteiger charge is 2.17. The van der Waals surface area contributed by atoms with Crippen LogP contribution in [-0.4, -0.2) is 35.9 Å². The number of rotatable bonds is 6. The van der Waals surface area contributed by atoms with Crippen molar-refractivity contribution in [3.8, 4) is 0 Å². The summed E-state index contributed by atoms with van der Waals surface area (Å²) in [6, 6.07) is 3.64. The lowest BCUT2D eigenvalue weighted by Crippen LogP contribution is -2.35. The summed E-state index contributed by atoms with van der Waals surface area (Å²) in [5.74, 6) is 0.524. The van der Waals surface area contributed by atoms with Gasteiger partial charge in [0, 0.05) is 32.0 Å². The molecule has 0 spiro atoms. The van der Waals surface area contributed by atoms with Crippen LogP contribution in [0.2, 0.25) is 0 Å². The summed E-state index contributed by atoms with van der Waals surface area (Å²) in [6.45, 7) is 7.81. The largest absolute Gasteiger partial charge is 0.388 e. The van der Waals surface area contributed by atoms with Gasteiger partial charge in [-0.1, -0.05) is 20.3 Å². The topological polar surface area (TPSA) is 45.2 Å². The fraction of sp³-hybridized carbons (Fsp3) is 0.571. The van der Waals surface area contributed by atoms with E-state index >= 15 is 0 Å². The Hall–Kier alpha value is -1.58. The molecule has 100 valence electrons. The van der Waals surface area contributed by atoms with E-state index in [4.69, 9.17) is 0 Å². The maximum absolute atomic E-state index is 12.3. The minimum absolute atomic E-state index is 0.00917. The minimum atomic E-state index is 0.00917. The number of carbonyl (C=O) groups excluding carboxylic acids is 1. The van der Waals surface area contributed by atoms with Crippen molar-refractivity contribution >= 4 is 11.6 Å². The van der Waals surface area contributed by atoms with E-state index in [-0.39, 0.29) is 5.91 Å². The molecule has 1 heterocycles. The number of aromatic nitrogens is 1. The van der Waals surface area contributed by atoms with E-state index in [0.29, 0.717) is 18.2 Å². The van der Waals surface area contributed by atoms with Gasteiger partial charge in [0.1, 0.15) is 5.69 Å². The Balaban J connectivity index is 2.82. The number of hydrogen-bond donors (Lipinski definition) is 1. The first-order valence-corrected chi connectivity index (χ1v) is 6.55. The summed E-state index contributed by atoms with van der Waals surface area (Å²) in [5, 5.41) is 3.02. The Morgan fingerprint density at radius 2 is 2.22 bits per heavy atom. The molecular formula is C14H23N3O. The molecule has 0 aromatic carbocycles. The standard InChI is InChI=1S/C14H23N3O/c1-5-11(3)10-17(6-2)14(18)13-9-12(15-4)7-8-16-13/h7-9,11H,5-6,10H2,1-4H3,(H,15,16). The Kier molecular flexibility index (Phi) is 5.62. The second kappa shape index (κ2) is 6.99. The van der Waals surface area contributed by atoms with Crippen molar-refractivity contribution in [2.24, 2.45) is 5.92 Å². The molecule has 1 unspecified atom stereocenters. The fourth-order valence-corrected chi connectivity index (χ4v) is 1.73. The van der Waals surface area contributed by atoms with Crippen LogP contribution >= 0.6 is 0 Å². The van der Waals surface area contributed by atoms with Gasteiger partial charge in [0.2, 0.25) is 0 Å². The molecule has 1 amide bonds. The van der Waals surface area contributed by atoms with Crippen LogP contribution in [0.15, 0.2) is 18.3 Å². The van der Waals surface area contributed by atoms with Crippen molar-refractivity contribution < 1.29 is 4.79 Å². The zero-order valence-electron chi connectivity index (χ0n) is 11.7. The van der Waals surface area contributed by atoms with Crippen molar-refractivity contribution in [1.29, 1.82) is 0 Å². The van der Waals surface area contributed by atoms with E-state index < -0.39 is 0 Å². The lowest BCUT2D eigenvalue weighted by Gasteiger charge is -2.23. The molecule has 0 radical (unpaired) electrons. The van der Waals surface area contributed by atoms with Crippen LogP contribution < -0.4 is 5.32 Å². The Morgan fingerprint density at radius 3 is 2.78 bits per heavy atom. The number of hydrogen-bond acceptors (Lipinski definition) is 3. The van der Waals surface area contributed by atoms with Gasteiger partial charge in [0.15, 0.2) is 0 Å². The molecule has 0 bridgehead atoms. The first kappa shape index (κ1) is 14.5. The summed E-state index contributed by atoms with van der Waals surface area (Å²) >= 11 is 0. The Labute approximate surface area is 109 Å². The van der Waals surface area contributed by atoms with Gasteiger partial charge >= 0.3 is 0 Å². The van der Waals surface area contributed by atoms with Crippen molar-refractivity contribution in [3.05, 3.63) is 24.0 Å². The van der Waals surface area contributed by atoms with E-state index in [1.165, 1.54) is 0 Å². The van der Waals surface area contributed by atoms with Crippen LogP contribution in [-0.2, 0) is 0 Å². The second-order valence-corrected chi connectivity index (χ2v) is 4.54. The Bertz CT molecular complexity index is 392. The number of nitrogens with zero attached hydrogens (tertiary/aromatic N) is 2. The molecule has 4 nitrogen and oxygen atoms in total. The summed E-state index contributed by atoms with van der Waals surface area (Å²) in [7, 11) is 1.83. The van der Waals surface area contributed by atoms with Crippen LogP contribution in [0.5, 0.6) is 0 Å². The Morgan fingerprint density at radius 1 is 1.50 bits per heavy atom. The predicted octanol–water partition coefficient (Wildman–Crippen LogP) is 2.63. The molecule has 1 N–H and O–H groups in total. The second-order valence-electron chi connectivity index (χ2n) is 4.54.